The Kier molecular flexibility index (Phi) is 5.18. The Labute approximate surface area is 148 Å². The molecule has 1 saturated heterocycles. The molecule has 2 aromatic rings. The Balaban J connectivity index is 1.87. The maximum atomic E-state index is 12.7. The highest BCUT2D eigenvalue weighted by Crippen LogP contribution is 2.21. The number of fused-ring (bicyclic) bond motifs is 1. The van der Waals surface area contributed by atoms with Crippen molar-refractivity contribution in [3.8, 4) is 0 Å². The van der Waals surface area contributed by atoms with E-state index in [0.717, 1.165) is 31.9 Å². The van der Waals surface area contributed by atoms with Crippen molar-refractivity contribution in [2.24, 2.45) is 0 Å². The third-order valence-electron chi connectivity index (χ3n) is 4.96. The smallest absolute Gasteiger partial charge is 0.261 e. The second kappa shape index (κ2) is 7.35. The normalized spacial score (nSPS) is 15.9. The van der Waals surface area contributed by atoms with E-state index in [1.807, 2.05) is 18.2 Å². The van der Waals surface area contributed by atoms with Crippen molar-refractivity contribution in [3.05, 3.63) is 34.9 Å². The first-order chi connectivity index (χ1) is 12.0. The summed E-state index contributed by atoms with van der Waals surface area (Å²) in [7, 11) is 0. The predicted molar refractivity (Wildman–Crippen MR) is 100 cm³/mol. The van der Waals surface area contributed by atoms with Gasteiger partial charge in [-0.1, -0.05) is 6.92 Å². The van der Waals surface area contributed by atoms with Crippen molar-refractivity contribution in [1.29, 1.82) is 0 Å². The van der Waals surface area contributed by atoms with Crippen LogP contribution in [0.1, 0.15) is 27.2 Å². The molecule has 6 nitrogen and oxygen atoms in total. The minimum atomic E-state index is -0.144. The maximum Gasteiger partial charge on any atom is 0.261 e. The van der Waals surface area contributed by atoms with Crippen molar-refractivity contribution in [1.82, 2.24) is 14.5 Å². The molecule has 1 aromatic heterocycles. The number of ketones is 1. The average Bonchev–Trinajstić information content (AvgIpc) is 2.63. The molecule has 25 heavy (non-hydrogen) atoms. The standard InChI is InChI=1S/C19H26N4O2/c1-4-16(24)12-23-13-20-18-6-5-15(11-17(18)19(23)25)22-9-7-21(8-10-22)14(2)3/h5-6,11,13-14H,4,7-10,12H2,1-3H3. The van der Waals surface area contributed by atoms with Gasteiger partial charge in [-0.2, -0.15) is 0 Å². The van der Waals surface area contributed by atoms with E-state index in [1.54, 1.807) is 6.92 Å². The van der Waals surface area contributed by atoms with Gasteiger partial charge in [0, 0.05) is 44.3 Å². The van der Waals surface area contributed by atoms with Crippen LogP contribution in [-0.4, -0.2) is 52.5 Å². The molecule has 0 amide bonds. The summed E-state index contributed by atoms with van der Waals surface area (Å²) in [6.45, 7) is 10.3. The van der Waals surface area contributed by atoms with Crippen molar-refractivity contribution in [3.63, 3.8) is 0 Å². The number of anilines is 1. The Morgan fingerprint density at radius 2 is 1.92 bits per heavy atom. The molecule has 0 radical (unpaired) electrons. The van der Waals surface area contributed by atoms with E-state index in [-0.39, 0.29) is 17.9 Å². The molecule has 0 unspecified atom stereocenters. The summed E-state index contributed by atoms with van der Waals surface area (Å²) in [4.78, 5) is 33.5. The van der Waals surface area contributed by atoms with Crippen molar-refractivity contribution in [2.75, 3.05) is 31.1 Å². The number of piperazine rings is 1. The van der Waals surface area contributed by atoms with E-state index < -0.39 is 0 Å². The molecule has 0 N–H and O–H groups in total. The van der Waals surface area contributed by atoms with Gasteiger partial charge in [-0.05, 0) is 32.0 Å². The summed E-state index contributed by atoms with van der Waals surface area (Å²) in [5, 5.41) is 0.579. The second-order valence-corrected chi connectivity index (χ2v) is 6.89. The lowest BCUT2D eigenvalue weighted by atomic mass is 10.1. The molecule has 0 atom stereocenters. The fraction of sp³-hybridized carbons (Fsp3) is 0.526. The zero-order valence-electron chi connectivity index (χ0n) is 15.2. The molecular weight excluding hydrogens is 316 g/mol. The molecule has 2 heterocycles. The van der Waals surface area contributed by atoms with Gasteiger partial charge in [-0.25, -0.2) is 4.98 Å². The van der Waals surface area contributed by atoms with Gasteiger partial charge in [0.2, 0.25) is 0 Å². The fourth-order valence-electron chi connectivity index (χ4n) is 3.25. The van der Waals surface area contributed by atoms with Crippen molar-refractivity contribution in [2.45, 2.75) is 39.8 Å². The number of hydrogen-bond donors (Lipinski definition) is 0. The van der Waals surface area contributed by atoms with E-state index in [4.69, 9.17) is 0 Å². The zero-order valence-corrected chi connectivity index (χ0v) is 15.2. The number of benzene rings is 1. The van der Waals surface area contributed by atoms with Gasteiger partial charge in [0.1, 0.15) is 0 Å². The van der Waals surface area contributed by atoms with Gasteiger partial charge in [0.05, 0.1) is 23.8 Å². The molecule has 3 rings (SSSR count). The SMILES string of the molecule is CCC(=O)Cn1cnc2ccc(N3CCN(C(C)C)CC3)cc2c1=O. The van der Waals surface area contributed by atoms with Gasteiger partial charge in [0.15, 0.2) is 5.78 Å². The lowest BCUT2D eigenvalue weighted by Gasteiger charge is -2.38. The third kappa shape index (κ3) is 3.74. The average molecular weight is 342 g/mol. The van der Waals surface area contributed by atoms with Crippen molar-refractivity contribution >= 4 is 22.4 Å². The van der Waals surface area contributed by atoms with Gasteiger partial charge < -0.3 is 4.90 Å². The lowest BCUT2D eigenvalue weighted by molar-refractivity contribution is -0.119. The number of hydrogen-bond acceptors (Lipinski definition) is 5. The highest BCUT2D eigenvalue weighted by Gasteiger charge is 2.19. The van der Waals surface area contributed by atoms with E-state index in [1.165, 1.54) is 10.9 Å². The summed E-state index contributed by atoms with van der Waals surface area (Å²) in [6, 6.07) is 6.41. The van der Waals surface area contributed by atoms with Crippen LogP contribution in [-0.2, 0) is 11.3 Å². The van der Waals surface area contributed by atoms with Gasteiger partial charge in [0.25, 0.3) is 5.56 Å². The van der Waals surface area contributed by atoms with Crippen molar-refractivity contribution < 1.29 is 4.79 Å². The summed E-state index contributed by atoms with van der Waals surface area (Å²) < 4.78 is 1.41. The van der Waals surface area contributed by atoms with Crippen LogP contribution in [0, 0.1) is 0 Å². The highest BCUT2D eigenvalue weighted by molar-refractivity contribution is 5.82. The van der Waals surface area contributed by atoms with Gasteiger partial charge in [-0.3, -0.25) is 19.1 Å². The topological polar surface area (TPSA) is 58.4 Å². The molecule has 0 spiro atoms. The van der Waals surface area contributed by atoms with Gasteiger partial charge in [-0.15, -0.1) is 0 Å². The second-order valence-electron chi connectivity index (χ2n) is 6.89. The Hall–Kier alpha value is -2.21. The largest absolute Gasteiger partial charge is 0.369 e. The van der Waals surface area contributed by atoms with Crippen LogP contribution in [0.5, 0.6) is 0 Å². The Morgan fingerprint density at radius 3 is 2.56 bits per heavy atom. The lowest BCUT2D eigenvalue weighted by Crippen LogP contribution is -2.48. The van der Waals surface area contributed by atoms with Crippen LogP contribution in [0.25, 0.3) is 10.9 Å². The number of Topliss-reactive ketones (excluding diaryl/α,β-unsaturated/α-hetero) is 1. The van der Waals surface area contributed by atoms with Crippen LogP contribution in [0.15, 0.2) is 29.3 Å². The molecule has 0 bridgehead atoms. The number of rotatable bonds is 5. The first-order valence-electron chi connectivity index (χ1n) is 8.99. The fourth-order valence-corrected chi connectivity index (χ4v) is 3.25. The number of carbonyl (C=O) groups excluding carboxylic acids is 1. The molecule has 134 valence electrons. The Morgan fingerprint density at radius 1 is 1.20 bits per heavy atom. The first kappa shape index (κ1) is 17.6. The van der Waals surface area contributed by atoms with E-state index in [2.05, 4.69) is 28.6 Å². The van der Waals surface area contributed by atoms with Gasteiger partial charge >= 0.3 is 0 Å². The molecule has 1 aliphatic rings. The van der Waals surface area contributed by atoms with Crippen LogP contribution >= 0.6 is 0 Å². The summed E-state index contributed by atoms with van der Waals surface area (Å²) in [6.07, 6.45) is 1.89. The number of carbonyl (C=O) groups is 1. The minimum Gasteiger partial charge on any atom is -0.369 e. The molecule has 1 aromatic carbocycles. The first-order valence-corrected chi connectivity index (χ1v) is 8.99. The summed E-state index contributed by atoms with van der Waals surface area (Å²) in [5.74, 6) is 0.0317. The molecule has 6 heteroatoms. The summed E-state index contributed by atoms with van der Waals surface area (Å²) in [5.41, 5.74) is 1.58. The Bertz CT molecular complexity index is 820. The van der Waals surface area contributed by atoms with E-state index in [9.17, 15) is 9.59 Å². The van der Waals surface area contributed by atoms with Crippen LogP contribution in [0.2, 0.25) is 0 Å². The van der Waals surface area contributed by atoms with Crippen LogP contribution < -0.4 is 10.5 Å². The third-order valence-corrected chi connectivity index (χ3v) is 4.96. The highest BCUT2D eigenvalue weighted by atomic mass is 16.1. The maximum absolute atomic E-state index is 12.7. The van der Waals surface area contributed by atoms with E-state index in [0.29, 0.717) is 23.4 Å². The summed E-state index contributed by atoms with van der Waals surface area (Å²) >= 11 is 0. The minimum absolute atomic E-state index is 0.0317. The van der Waals surface area contributed by atoms with Crippen LogP contribution in [0.4, 0.5) is 5.69 Å². The quantitative estimate of drug-likeness (QED) is 0.831. The zero-order chi connectivity index (χ0) is 18.0. The number of nitrogens with zero attached hydrogens (tertiary/aromatic N) is 4. The molecule has 0 saturated carbocycles. The molecule has 1 aliphatic heterocycles. The van der Waals surface area contributed by atoms with E-state index >= 15 is 0 Å². The monoisotopic (exact) mass is 342 g/mol. The molecule has 0 aliphatic carbocycles. The van der Waals surface area contributed by atoms with Crippen LogP contribution in [0.3, 0.4) is 0 Å². The molecular formula is C19H26N4O2. The predicted octanol–water partition coefficient (Wildman–Crippen LogP) is 1.91. The molecule has 1 fully saturated rings. The number of aromatic nitrogens is 2.